The highest BCUT2D eigenvalue weighted by atomic mass is 16.5. The Morgan fingerprint density at radius 1 is 1.21 bits per heavy atom. The molecule has 140 valence electrons. The number of phenols is 2. The van der Waals surface area contributed by atoms with Gasteiger partial charge in [-0.3, -0.25) is 4.79 Å². The molecule has 0 saturated carbocycles. The Kier molecular flexibility index (Phi) is 4.88. The predicted octanol–water partition coefficient (Wildman–Crippen LogP) is 3.55. The molecule has 28 heavy (non-hydrogen) atoms. The second kappa shape index (κ2) is 7.29. The molecule has 0 bridgehead atoms. The normalized spacial score (nSPS) is 10.3. The number of rotatable bonds is 4. The van der Waals surface area contributed by atoms with Gasteiger partial charge in [0.05, 0.1) is 24.1 Å². The van der Waals surface area contributed by atoms with Crippen molar-refractivity contribution in [2.24, 2.45) is 0 Å². The van der Waals surface area contributed by atoms with Crippen LogP contribution >= 0.6 is 0 Å². The molecular weight excluding hydrogens is 358 g/mol. The molecule has 3 aromatic rings. The zero-order chi connectivity index (χ0) is 20.4. The number of nitriles is 1. The summed E-state index contributed by atoms with van der Waals surface area (Å²) in [6.07, 6.45) is 0. The lowest BCUT2D eigenvalue weighted by molar-refractivity contribution is -0.114. The molecule has 0 fully saturated rings. The molecule has 0 aliphatic rings. The standard InChI is InChI=1S/C21H17N3O4/c1-11(15-8-17(23-12(2)25)21(27)18(9-15)28-3)16-7-6-13-4-5-14(10-22)20(26)19(13)24-16/h4-9,26-27H,1H2,2-3H3,(H,23,25). The Balaban J connectivity index is 2.12. The lowest BCUT2D eigenvalue weighted by Gasteiger charge is -2.14. The number of methoxy groups -OCH3 is 1. The van der Waals surface area contributed by atoms with Crippen LogP contribution in [0.2, 0.25) is 0 Å². The van der Waals surface area contributed by atoms with E-state index in [0.29, 0.717) is 22.2 Å². The lowest BCUT2D eigenvalue weighted by atomic mass is 10.0. The molecule has 0 unspecified atom stereocenters. The van der Waals surface area contributed by atoms with Gasteiger partial charge >= 0.3 is 0 Å². The summed E-state index contributed by atoms with van der Waals surface area (Å²) in [4.78, 5) is 15.8. The van der Waals surface area contributed by atoms with Crippen molar-refractivity contribution in [1.82, 2.24) is 4.98 Å². The third-order valence-electron chi connectivity index (χ3n) is 4.22. The number of carbonyl (C=O) groups excluding carboxylic acids is 1. The van der Waals surface area contributed by atoms with E-state index in [9.17, 15) is 15.0 Å². The number of benzene rings is 2. The van der Waals surface area contributed by atoms with Gasteiger partial charge in [-0.05, 0) is 29.8 Å². The summed E-state index contributed by atoms with van der Waals surface area (Å²) in [7, 11) is 1.40. The third-order valence-corrected chi connectivity index (χ3v) is 4.22. The number of fused-ring (bicyclic) bond motifs is 1. The molecule has 0 aliphatic heterocycles. The Hall–Kier alpha value is -4.05. The van der Waals surface area contributed by atoms with Crippen molar-refractivity contribution in [1.29, 1.82) is 5.26 Å². The third kappa shape index (κ3) is 3.31. The van der Waals surface area contributed by atoms with Crippen molar-refractivity contribution in [3.63, 3.8) is 0 Å². The van der Waals surface area contributed by atoms with Crippen LogP contribution in [-0.2, 0) is 4.79 Å². The highest BCUT2D eigenvalue weighted by molar-refractivity contribution is 5.93. The maximum absolute atomic E-state index is 11.4. The Morgan fingerprint density at radius 3 is 2.57 bits per heavy atom. The van der Waals surface area contributed by atoms with Gasteiger partial charge < -0.3 is 20.3 Å². The van der Waals surface area contributed by atoms with Gasteiger partial charge in [-0.25, -0.2) is 4.98 Å². The topological polar surface area (TPSA) is 115 Å². The molecule has 1 amide bonds. The number of hydrogen-bond donors (Lipinski definition) is 3. The van der Waals surface area contributed by atoms with Gasteiger partial charge in [0.1, 0.15) is 11.6 Å². The molecule has 7 heteroatoms. The number of aromatic nitrogens is 1. The molecule has 2 aromatic carbocycles. The van der Waals surface area contributed by atoms with Crippen LogP contribution < -0.4 is 10.1 Å². The number of ether oxygens (including phenoxy) is 1. The van der Waals surface area contributed by atoms with E-state index < -0.39 is 0 Å². The number of hydrogen-bond acceptors (Lipinski definition) is 6. The molecule has 0 aliphatic carbocycles. The largest absolute Gasteiger partial charge is 0.504 e. The van der Waals surface area contributed by atoms with Crippen molar-refractivity contribution in [2.45, 2.75) is 6.92 Å². The highest BCUT2D eigenvalue weighted by Crippen LogP contribution is 2.38. The summed E-state index contributed by atoms with van der Waals surface area (Å²) < 4.78 is 5.17. The molecule has 0 spiro atoms. The number of phenolic OH excluding ortho intramolecular Hbond substituents is 2. The van der Waals surface area contributed by atoms with Crippen molar-refractivity contribution in [2.75, 3.05) is 12.4 Å². The molecule has 0 atom stereocenters. The van der Waals surface area contributed by atoms with Crippen molar-refractivity contribution < 1.29 is 19.7 Å². The first-order valence-electron chi connectivity index (χ1n) is 8.26. The Morgan fingerprint density at radius 2 is 1.93 bits per heavy atom. The molecule has 0 saturated heterocycles. The fourth-order valence-electron chi connectivity index (χ4n) is 2.80. The van der Waals surface area contributed by atoms with Crippen molar-refractivity contribution >= 4 is 28.1 Å². The number of amides is 1. The molecule has 1 aromatic heterocycles. The van der Waals surface area contributed by atoms with Crippen LogP contribution in [0.5, 0.6) is 17.2 Å². The summed E-state index contributed by atoms with van der Waals surface area (Å²) >= 11 is 0. The summed E-state index contributed by atoms with van der Waals surface area (Å²) in [5.74, 6) is -0.579. The predicted molar refractivity (Wildman–Crippen MR) is 105 cm³/mol. The number of anilines is 1. The maximum atomic E-state index is 11.4. The van der Waals surface area contributed by atoms with Gasteiger partial charge in [0.25, 0.3) is 0 Å². The zero-order valence-corrected chi connectivity index (χ0v) is 15.3. The first-order valence-corrected chi connectivity index (χ1v) is 8.26. The smallest absolute Gasteiger partial charge is 0.221 e. The lowest BCUT2D eigenvalue weighted by Crippen LogP contribution is -2.07. The van der Waals surface area contributed by atoms with Gasteiger partial charge in [0.2, 0.25) is 5.91 Å². The molecular formula is C21H17N3O4. The Bertz CT molecular complexity index is 1160. The minimum absolute atomic E-state index is 0.127. The van der Waals surface area contributed by atoms with Crippen LogP contribution in [0, 0.1) is 11.3 Å². The van der Waals surface area contributed by atoms with Gasteiger partial charge in [0, 0.05) is 17.9 Å². The van der Waals surface area contributed by atoms with Crippen molar-refractivity contribution in [3.8, 4) is 23.3 Å². The molecule has 3 rings (SSSR count). The van der Waals surface area contributed by atoms with Gasteiger partial charge in [-0.15, -0.1) is 0 Å². The maximum Gasteiger partial charge on any atom is 0.221 e. The number of nitrogens with zero attached hydrogens (tertiary/aromatic N) is 2. The Labute approximate surface area is 161 Å². The SMILES string of the molecule is C=C(c1cc(NC(C)=O)c(O)c(OC)c1)c1ccc2ccc(C#N)c(O)c2n1. The summed E-state index contributed by atoms with van der Waals surface area (Å²) in [6, 6.07) is 11.8. The second-order valence-electron chi connectivity index (χ2n) is 6.08. The number of nitrogens with one attached hydrogen (secondary N) is 1. The van der Waals surface area contributed by atoms with Gasteiger partial charge in [-0.2, -0.15) is 5.26 Å². The molecule has 1 heterocycles. The van der Waals surface area contributed by atoms with E-state index in [1.807, 2.05) is 6.07 Å². The number of aromatic hydroxyl groups is 2. The van der Waals surface area contributed by atoms with E-state index in [-0.39, 0.29) is 39.9 Å². The van der Waals surface area contributed by atoms with E-state index in [1.54, 1.807) is 30.3 Å². The van der Waals surface area contributed by atoms with Crippen molar-refractivity contribution in [3.05, 3.63) is 59.8 Å². The fraction of sp³-hybridized carbons (Fsp3) is 0.0952. The number of pyridine rings is 1. The minimum atomic E-state index is -0.349. The van der Waals surface area contributed by atoms with E-state index in [4.69, 9.17) is 10.00 Å². The first-order chi connectivity index (χ1) is 13.3. The second-order valence-corrected chi connectivity index (χ2v) is 6.08. The molecule has 7 nitrogen and oxygen atoms in total. The minimum Gasteiger partial charge on any atom is -0.504 e. The first kappa shape index (κ1) is 18.7. The molecule has 0 radical (unpaired) electrons. The van der Waals surface area contributed by atoms with E-state index in [0.717, 1.165) is 0 Å². The monoisotopic (exact) mass is 375 g/mol. The van der Waals surface area contributed by atoms with Gasteiger partial charge in [-0.1, -0.05) is 18.7 Å². The summed E-state index contributed by atoms with van der Waals surface area (Å²) in [5, 5.41) is 32.8. The quantitative estimate of drug-likeness (QED) is 0.601. The number of carbonyl (C=O) groups is 1. The van der Waals surface area contributed by atoms with Crippen LogP contribution in [0.15, 0.2) is 43.0 Å². The summed E-state index contributed by atoms with van der Waals surface area (Å²) in [6.45, 7) is 5.37. The average Bonchev–Trinajstić information content (AvgIpc) is 2.68. The van der Waals surface area contributed by atoms with Crippen LogP contribution in [0.4, 0.5) is 5.69 Å². The van der Waals surface area contributed by atoms with Crippen LogP contribution in [0.1, 0.15) is 23.7 Å². The summed E-state index contributed by atoms with van der Waals surface area (Å²) in [5.41, 5.74) is 2.08. The molecule has 3 N–H and O–H groups in total. The van der Waals surface area contributed by atoms with E-state index >= 15 is 0 Å². The fourth-order valence-corrected chi connectivity index (χ4v) is 2.80. The van der Waals surface area contributed by atoms with Gasteiger partial charge in [0.15, 0.2) is 17.2 Å². The van der Waals surface area contributed by atoms with Crippen LogP contribution in [0.3, 0.4) is 0 Å². The van der Waals surface area contributed by atoms with E-state index in [2.05, 4.69) is 16.9 Å². The zero-order valence-electron chi connectivity index (χ0n) is 15.3. The van der Waals surface area contributed by atoms with Crippen LogP contribution in [-0.4, -0.2) is 28.2 Å². The average molecular weight is 375 g/mol. The van der Waals surface area contributed by atoms with Crippen LogP contribution in [0.25, 0.3) is 16.5 Å². The van der Waals surface area contributed by atoms with E-state index in [1.165, 1.54) is 20.1 Å². The highest BCUT2D eigenvalue weighted by Gasteiger charge is 2.16.